The quantitative estimate of drug-likeness (QED) is 0.664. The summed E-state index contributed by atoms with van der Waals surface area (Å²) in [5.74, 6) is 0.0173. The molecule has 0 bridgehead atoms. The summed E-state index contributed by atoms with van der Waals surface area (Å²) in [6.07, 6.45) is 3.47. The number of nitrogens with one attached hydrogen (secondary N) is 1. The third kappa shape index (κ3) is 4.46. The minimum Gasteiger partial charge on any atom is -0.329 e. The fourth-order valence-electron chi connectivity index (χ4n) is 1.85. The van der Waals surface area contributed by atoms with Crippen molar-refractivity contribution >= 4 is 10.0 Å². The van der Waals surface area contributed by atoms with E-state index in [9.17, 15) is 8.42 Å². The minimum atomic E-state index is -3.16. The van der Waals surface area contributed by atoms with Gasteiger partial charge in [0.1, 0.15) is 0 Å². The lowest BCUT2D eigenvalue weighted by Crippen LogP contribution is -2.45. The van der Waals surface area contributed by atoms with E-state index in [2.05, 4.69) is 9.62 Å². The van der Waals surface area contributed by atoms with Gasteiger partial charge in [-0.2, -0.15) is 0 Å². The van der Waals surface area contributed by atoms with E-state index in [1.54, 1.807) is 0 Å². The monoisotopic (exact) mass is 235 g/mol. The summed E-state index contributed by atoms with van der Waals surface area (Å²) in [4.78, 5) is 2.22. The van der Waals surface area contributed by atoms with Gasteiger partial charge in [-0.3, -0.25) is 0 Å². The fraction of sp³-hybridized carbons (Fsp3) is 1.00. The van der Waals surface area contributed by atoms with E-state index in [1.807, 2.05) is 7.05 Å². The Labute approximate surface area is 92.1 Å². The molecule has 6 heteroatoms. The van der Waals surface area contributed by atoms with Gasteiger partial charge in [0.2, 0.25) is 10.0 Å². The first-order valence-electron chi connectivity index (χ1n) is 5.43. The van der Waals surface area contributed by atoms with Gasteiger partial charge in [0.15, 0.2) is 0 Å². The van der Waals surface area contributed by atoms with Crippen molar-refractivity contribution in [1.29, 1.82) is 0 Å². The Morgan fingerprint density at radius 3 is 2.80 bits per heavy atom. The number of piperidine rings is 1. The molecular formula is C9H21N3O2S. The molecule has 1 atom stereocenters. The number of nitrogens with two attached hydrogens (primary N) is 1. The Balaban J connectivity index is 2.35. The van der Waals surface area contributed by atoms with Gasteiger partial charge in [-0.05, 0) is 26.4 Å². The van der Waals surface area contributed by atoms with Crippen LogP contribution in [0.5, 0.6) is 0 Å². The summed E-state index contributed by atoms with van der Waals surface area (Å²) in [5.41, 5.74) is 5.22. The number of nitrogens with zero attached hydrogens (tertiary/aromatic N) is 1. The van der Waals surface area contributed by atoms with Crippen molar-refractivity contribution in [3.8, 4) is 0 Å². The van der Waals surface area contributed by atoms with Crippen molar-refractivity contribution < 1.29 is 8.42 Å². The molecule has 15 heavy (non-hydrogen) atoms. The molecule has 0 aromatic heterocycles. The fourth-order valence-corrected chi connectivity index (χ4v) is 2.75. The summed E-state index contributed by atoms with van der Waals surface area (Å²) in [6.45, 7) is 1.75. The van der Waals surface area contributed by atoms with E-state index >= 15 is 0 Å². The van der Waals surface area contributed by atoms with E-state index in [1.165, 1.54) is 12.8 Å². The zero-order valence-corrected chi connectivity index (χ0v) is 10.1. The zero-order chi connectivity index (χ0) is 11.3. The molecular weight excluding hydrogens is 214 g/mol. The molecule has 1 heterocycles. The van der Waals surface area contributed by atoms with Gasteiger partial charge in [-0.25, -0.2) is 13.1 Å². The molecule has 1 aliphatic heterocycles. The van der Waals surface area contributed by atoms with Crippen LogP contribution in [-0.2, 0) is 10.0 Å². The summed E-state index contributed by atoms with van der Waals surface area (Å²) in [5, 5.41) is 0. The highest BCUT2D eigenvalue weighted by Crippen LogP contribution is 2.14. The maximum atomic E-state index is 11.4. The van der Waals surface area contributed by atoms with Gasteiger partial charge in [-0.1, -0.05) is 6.42 Å². The topological polar surface area (TPSA) is 75.4 Å². The molecule has 1 aliphatic rings. The summed E-state index contributed by atoms with van der Waals surface area (Å²) < 4.78 is 25.4. The average Bonchev–Trinajstić information content (AvgIpc) is 2.16. The molecule has 0 spiro atoms. The predicted octanol–water partition coefficient (Wildman–Crippen LogP) is -0.651. The van der Waals surface area contributed by atoms with Crippen molar-refractivity contribution in [2.45, 2.75) is 25.3 Å². The van der Waals surface area contributed by atoms with Crippen LogP contribution in [-0.4, -0.2) is 51.8 Å². The van der Waals surface area contributed by atoms with Crippen LogP contribution in [0, 0.1) is 0 Å². The maximum Gasteiger partial charge on any atom is 0.212 e. The second-order valence-corrected chi connectivity index (χ2v) is 6.01. The Kier molecular flexibility index (Phi) is 4.98. The molecule has 90 valence electrons. The Bertz CT molecular complexity index is 279. The average molecular weight is 235 g/mol. The van der Waals surface area contributed by atoms with Crippen molar-refractivity contribution in [2.75, 3.05) is 32.4 Å². The van der Waals surface area contributed by atoms with Crippen LogP contribution in [0.2, 0.25) is 0 Å². The van der Waals surface area contributed by atoms with Gasteiger partial charge in [0.25, 0.3) is 0 Å². The first kappa shape index (κ1) is 12.9. The lowest BCUT2D eigenvalue weighted by Gasteiger charge is -2.32. The van der Waals surface area contributed by atoms with Crippen molar-refractivity contribution in [1.82, 2.24) is 9.62 Å². The van der Waals surface area contributed by atoms with Crippen molar-refractivity contribution in [2.24, 2.45) is 5.73 Å². The summed E-state index contributed by atoms with van der Waals surface area (Å²) in [7, 11) is -1.11. The van der Waals surface area contributed by atoms with Gasteiger partial charge < -0.3 is 10.6 Å². The lowest BCUT2D eigenvalue weighted by atomic mass is 10.0. The third-order valence-corrected chi connectivity index (χ3v) is 4.23. The minimum absolute atomic E-state index is 0.0173. The van der Waals surface area contributed by atoms with Gasteiger partial charge >= 0.3 is 0 Å². The first-order valence-corrected chi connectivity index (χ1v) is 7.08. The van der Waals surface area contributed by atoms with E-state index < -0.39 is 10.0 Å². The van der Waals surface area contributed by atoms with E-state index in [0.29, 0.717) is 12.6 Å². The highest BCUT2D eigenvalue weighted by molar-refractivity contribution is 7.89. The second kappa shape index (κ2) is 5.79. The van der Waals surface area contributed by atoms with Crippen LogP contribution in [0.1, 0.15) is 19.3 Å². The van der Waals surface area contributed by atoms with Gasteiger partial charge in [0, 0.05) is 19.1 Å². The number of sulfonamides is 1. The van der Waals surface area contributed by atoms with E-state index in [0.717, 1.165) is 13.0 Å². The first-order chi connectivity index (χ1) is 7.05. The Morgan fingerprint density at radius 2 is 2.20 bits per heavy atom. The van der Waals surface area contributed by atoms with Crippen LogP contribution >= 0.6 is 0 Å². The molecule has 1 fully saturated rings. The number of likely N-dealkylation sites (tertiary alicyclic amines) is 1. The number of rotatable bonds is 5. The molecule has 1 saturated heterocycles. The van der Waals surface area contributed by atoms with E-state index in [-0.39, 0.29) is 12.3 Å². The van der Waals surface area contributed by atoms with Gasteiger partial charge in [-0.15, -0.1) is 0 Å². The largest absolute Gasteiger partial charge is 0.329 e. The Morgan fingerprint density at radius 1 is 1.47 bits per heavy atom. The summed E-state index contributed by atoms with van der Waals surface area (Å²) in [6, 6.07) is 0.339. The number of hydrogen-bond acceptors (Lipinski definition) is 4. The highest BCUT2D eigenvalue weighted by Gasteiger charge is 2.20. The standard InChI is InChI=1S/C9H21N3O2S/c1-12-6-3-2-4-9(12)8-11-15(13,14)7-5-10/h9,11H,2-8,10H2,1H3. The SMILES string of the molecule is CN1CCCCC1CNS(=O)(=O)CCN. The van der Waals surface area contributed by atoms with E-state index in [4.69, 9.17) is 5.73 Å². The van der Waals surface area contributed by atoms with Crippen LogP contribution in [0.15, 0.2) is 0 Å². The molecule has 0 aliphatic carbocycles. The molecule has 0 aromatic rings. The zero-order valence-electron chi connectivity index (χ0n) is 9.28. The molecule has 0 aromatic carbocycles. The number of hydrogen-bond donors (Lipinski definition) is 2. The molecule has 3 N–H and O–H groups in total. The molecule has 0 saturated carbocycles. The van der Waals surface area contributed by atoms with Gasteiger partial charge in [0.05, 0.1) is 5.75 Å². The van der Waals surface area contributed by atoms with Crippen LogP contribution in [0.25, 0.3) is 0 Å². The molecule has 0 amide bonds. The molecule has 1 rings (SSSR count). The Hall–Kier alpha value is -0.170. The molecule has 1 unspecified atom stereocenters. The van der Waals surface area contributed by atoms with Crippen LogP contribution in [0.3, 0.4) is 0 Å². The van der Waals surface area contributed by atoms with Crippen molar-refractivity contribution in [3.63, 3.8) is 0 Å². The summed E-state index contributed by atoms with van der Waals surface area (Å²) >= 11 is 0. The number of likely N-dealkylation sites (N-methyl/N-ethyl adjacent to an activating group) is 1. The third-order valence-electron chi connectivity index (χ3n) is 2.85. The van der Waals surface area contributed by atoms with Crippen LogP contribution < -0.4 is 10.5 Å². The smallest absolute Gasteiger partial charge is 0.212 e. The molecule has 0 radical (unpaired) electrons. The highest BCUT2D eigenvalue weighted by atomic mass is 32.2. The lowest BCUT2D eigenvalue weighted by molar-refractivity contribution is 0.187. The van der Waals surface area contributed by atoms with Crippen LogP contribution in [0.4, 0.5) is 0 Å². The normalized spacial score (nSPS) is 24.3. The van der Waals surface area contributed by atoms with Crippen molar-refractivity contribution in [3.05, 3.63) is 0 Å². The maximum absolute atomic E-state index is 11.4. The second-order valence-electron chi connectivity index (χ2n) is 4.09. The predicted molar refractivity (Wildman–Crippen MR) is 61.1 cm³/mol. The molecule has 5 nitrogen and oxygen atoms in total.